The fourth-order valence-electron chi connectivity index (χ4n) is 4.48. The number of para-hydroxylation sites is 1. The number of nitro groups is 1. The standard InChI is InChI=1S/C26H27IN8O2S/c1-16-6-5-7-18-20(15-28-23(16)18)24-19-10-11-34(38-27)25(19)31-26(30-24)29-17-8-9-21(22(14-17)35(36)37)33(4)13-12-32(2)3/h5-11,14-15,28H,12-13H2,1-4H3,(H,29,30,31). The van der Waals surface area contributed by atoms with Crippen LogP contribution in [0, 0.1) is 17.0 Å². The molecule has 2 N–H and O–H groups in total. The molecule has 3 heterocycles. The van der Waals surface area contributed by atoms with E-state index < -0.39 is 0 Å². The van der Waals surface area contributed by atoms with Gasteiger partial charge in [-0.3, -0.25) is 14.1 Å². The number of benzene rings is 2. The van der Waals surface area contributed by atoms with E-state index in [1.165, 1.54) is 15.2 Å². The Morgan fingerprint density at radius 3 is 2.68 bits per heavy atom. The Balaban J connectivity index is 1.57. The van der Waals surface area contributed by atoms with Crippen molar-refractivity contribution in [2.24, 2.45) is 0 Å². The Morgan fingerprint density at radius 1 is 1.13 bits per heavy atom. The number of aromatic nitrogens is 4. The zero-order valence-electron chi connectivity index (χ0n) is 21.4. The molecule has 196 valence electrons. The van der Waals surface area contributed by atoms with Crippen molar-refractivity contribution in [1.29, 1.82) is 0 Å². The maximum atomic E-state index is 12.0. The molecule has 0 unspecified atom stereocenters. The van der Waals surface area contributed by atoms with Gasteiger partial charge in [0.25, 0.3) is 5.69 Å². The number of halogens is 1. The highest BCUT2D eigenvalue weighted by Gasteiger charge is 2.20. The molecular weight excluding hydrogens is 615 g/mol. The lowest BCUT2D eigenvalue weighted by molar-refractivity contribution is -0.384. The molecule has 0 atom stereocenters. The highest BCUT2D eigenvalue weighted by atomic mass is 127. The van der Waals surface area contributed by atoms with Gasteiger partial charge in [-0.1, -0.05) is 18.2 Å². The van der Waals surface area contributed by atoms with Crippen LogP contribution in [0.4, 0.5) is 23.0 Å². The second kappa shape index (κ2) is 10.8. The number of fused-ring (bicyclic) bond motifs is 2. The maximum absolute atomic E-state index is 12.0. The van der Waals surface area contributed by atoms with Crippen molar-refractivity contribution < 1.29 is 4.92 Å². The van der Waals surface area contributed by atoms with Gasteiger partial charge in [-0.15, -0.1) is 0 Å². The van der Waals surface area contributed by atoms with E-state index in [1.807, 2.05) is 65.5 Å². The molecule has 5 rings (SSSR count). The zero-order valence-corrected chi connectivity index (χ0v) is 24.4. The van der Waals surface area contributed by atoms with Crippen molar-refractivity contribution in [1.82, 2.24) is 23.8 Å². The van der Waals surface area contributed by atoms with Gasteiger partial charge in [-0.25, -0.2) is 4.98 Å². The second-order valence-corrected chi connectivity index (χ2v) is 11.1. The quantitative estimate of drug-likeness (QED) is 0.108. The fraction of sp³-hybridized carbons (Fsp3) is 0.231. The SMILES string of the molecule is Cc1cccc2c(-c3nc(Nc4ccc(N(C)CCN(C)C)c([N+](=O)[O-])c4)nc4c3ccn4SI)c[nH]c12. The van der Waals surface area contributed by atoms with Gasteiger partial charge in [-0.05, 0) is 44.8 Å². The van der Waals surface area contributed by atoms with Gasteiger partial charge < -0.3 is 20.1 Å². The summed E-state index contributed by atoms with van der Waals surface area (Å²) >= 11 is 2.22. The first kappa shape index (κ1) is 26.3. The lowest BCUT2D eigenvalue weighted by atomic mass is 10.1. The third kappa shape index (κ3) is 5.02. The summed E-state index contributed by atoms with van der Waals surface area (Å²) in [6.07, 6.45) is 3.94. The molecule has 0 aliphatic rings. The summed E-state index contributed by atoms with van der Waals surface area (Å²) in [6.45, 7) is 3.52. The van der Waals surface area contributed by atoms with Crippen LogP contribution in [-0.2, 0) is 0 Å². The van der Waals surface area contributed by atoms with E-state index in [9.17, 15) is 10.1 Å². The van der Waals surface area contributed by atoms with Crippen molar-refractivity contribution in [3.05, 3.63) is 70.5 Å². The monoisotopic (exact) mass is 642 g/mol. The Labute approximate surface area is 236 Å². The average Bonchev–Trinajstić information content (AvgIpc) is 3.51. The number of nitro benzene ring substituents is 1. The van der Waals surface area contributed by atoms with Gasteiger partial charge in [0.15, 0.2) is 5.65 Å². The highest BCUT2D eigenvalue weighted by Crippen LogP contribution is 2.37. The summed E-state index contributed by atoms with van der Waals surface area (Å²) in [6, 6.07) is 13.3. The molecule has 0 saturated carbocycles. The molecule has 0 fully saturated rings. The normalized spacial score (nSPS) is 11.5. The van der Waals surface area contributed by atoms with Crippen LogP contribution in [0.1, 0.15) is 5.56 Å². The highest BCUT2D eigenvalue weighted by molar-refractivity contribution is 14.2. The number of hydrogen-bond donors (Lipinski definition) is 2. The van der Waals surface area contributed by atoms with Crippen molar-refractivity contribution in [3.8, 4) is 11.3 Å². The third-order valence-electron chi connectivity index (χ3n) is 6.49. The maximum Gasteiger partial charge on any atom is 0.294 e. The number of rotatable bonds is 9. The minimum atomic E-state index is -0.353. The summed E-state index contributed by atoms with van der Waals surface area (Å²) in [5.74, 6) is 0.364. The van der Waals surface area contributed by atoms with Crippen LogP contribution in [0.15, 0.2) is 54.9 Å². The van der Waals surface area contributed by atoms with Gasteiger partial charge in [0.05, 0.1) is 10.6 Å². The Morgan fingerprint density at radius 2 is 1.95 bits per heavy atom. The van der Waals surface area contributed by atoms with E-state index in [0.717, 1.165) is 45.3 Å². The van der Waals surface area contributed by atoms with E-state index in [2.05, 4.69) is 50.6 Å². The van der Waals surface area contributed by atoms with Crippen molar-refractivity contribution >= 4 is 75.3 Å². The molecule has 38 heavy (non-hydrogen) atoms. The van der Waals surface area contributed by atoms with Gasteiger partial charge in [0, 0.05) is 96.5 Å². The summed E-state index contributed by atoms with van der Waals surface area (Å²) < 4.78 is 1.97. The van der Waals surface area contributed by atoms with E-state index >= 15 is 0 Å². The molecule has 0 saturated heterocycles. The number of likely N-dealkylation sites (N-methyl/N-ethyl adjacent to an activating group) is 2. The smallest absolute Gasteiger partial charge is 0.294 e. The Kier molecular flexibility index (Phi) is 7.45. The van der Waals surface area contributed by atoms with E-state index in [4.69, 9.17) is 9.97 Å². The number of H-pyrrole nitrogens is 1. The average molecular weight is 643 g/mol. The molecule has 0 bridgehead atoms. The van der Waals surface area contributed by atoms with Crippen molar-refractivity contribution in [2.45, 2.75) is 6.92 Å². The minimum absolute atomic E-state index is 0.0239. The first-order valence-electron chi connectivity index (χ1n) is 11.9. The van der Waals surface area contributed by atoms with Crippen LogP contribution in [0.2, 0.25) is 0 Å². The number of anilines is 3. The van der Waals surface area contributed by atoms with Crippen LogP contribution >= 0.6 is 30.3 Å². The van der Waals surface area contributed by atoms with E-state index in [1.54, 1.807) is 6.07 Å². The number of aromatic amines is 1. The molecule has 0 radical (unpaired) electrons. The van der Waals surface area contributed by atoms with Crippen LogP contribution < -0.4 is 10.2 Å². The van der Waals surface area contributed by atoms with Gasteiger partial charge in [0.1, 0.15) is 5.69 Å². The molecular formula is C26H27IN8O2S. The lowest BCUT2D eigenvalue weighted by Crippen LogP contribution is -2.28. The molecule has 10 nitrogen and oxygen atoms in total. The van der Waals surface area contributed by atoms with E-state index in [0.29, 0.717) is 23.9 Å². The van der Waals surface area contributed by atoms with Crippen LogP contribution in [0.5, 0.6) is 0 Å². The number of nitrogens with zero attached hydrogens (tertiary/aromatic N) is 6. The first-order valence-corrected chi connectivity index (χ1v) is 15.2. The number of nitrogens with one attached hydrogen (secondary N) is 2. The summed E-state index contributed by atoms with van der Waals surface area (Å²) in [5.41, 5.74) is 5.86. The molecule has 2 aromatic carbocycles. The third-order valence-corrected chi connectivity index (χ3v) is 8.20. The lowest BCUT2D eigenvalue weighted by Gasteiger charge is -2.21. The number of hydrogen-bond acceptors (Lipinski definition) is 8. The van der Waals surface area contributed by atoms with Gasteiger partial charge in [0.2, 0.25) is 5.95 Å². The van der Waals surface area contributed by atoms with Crippen molar-refractivity contribution in [2.75, 3.05) is 44.4 Å². The Hall–Kier alpha value is -3.36. The predicted octanol–water partition coefficient (Wildman–Crippen LogP) is 6.38. The summed E-state index contributed by atoms with van der Waals surface area (Å²) in [4.78, 5) is 28.6. The molecule has 0 aliphatic heterocycles. The zero-order chi connectivity index (χ0) is 27.0. The van der Waals surface area contributed by atoms with Crippen LogP contribution in [-0.4, -0.2) is 63.0 Å². The molecule has 12 heteroatoms. The fourth-order valence-corrected chi connectivity index (χ4v) is 5.75. The molecule has 5 aromatic rings. The molecule has 3 aromatic heterocycles. The topological polar surface area (TPSA) is 108 Å². The predicted molar refractivity (Wildman–Crippen MR) is 165 cm³/mol. The second-order valence-electron chi connectivity index (χ2n) is 9.35. The van der Waals surface area contributed by atoms with E-state index in [-0.39, 0.29) is 10.6 Å². The molecule has 0 spiro atoms. The minimum Gasteiger partial charge on any atom is -0.368 e. The van der Waals surface area contributed by atoms with Crippen LogP contribution in [0.3, 0.4) is 0 Å². The Bertz CT molecular complexity index is 1650. The van der Waals surface area contributed by atoms with Gasteiger partial charge in [-0.2, -0.15) is 4.98 Å². The van der Waals surface area contributed by atoms with Gasteiger partial charge >= 0.3 is 0 Å². The molecule has 0 amide bonds. The van der Waals surface area contributed by atoms with Crippen LogP contribution in [0.25, 0.3) is 33.2 Å². The summed E-state index contributed by atoms with van der Waals surface area (Å²) in [7, 11) is 7.33. The molecule has 0 aliphatic carbocycles. The number of aryl methyl sites for hydroxylation is 1. The largest absolute Gasteiger partial charge is 0.368 e. The first-order chi connectivity index (χ1) is 18.3. The van der Waals surface area contributed by atoms with Crippen molar-refractivity contribution in [3.63, 3.8) is 0 Å². The summed E-state index contributed by atoms with van der Waals surface area (Å²) in [5, 5.41) is 17.2.